The van der Waals surface area contributed by atoms with Crippen molar-refractivity contribution in [3.63, 3.8) is 0 Å². The first-order valence-electron chi connectivity index (χ1n) is 8.02. The minimum absolute atomic E-state index is 0.0220. The average molecular weight is 283 g/mol. The quantitative estimate of drug-likeness (QED) is 0.911. The summed E-state index contributed by atoms with van der Waals surface area (Å²) >= 11 is 0. The first-order chi connectivity index (χ1) is 10.2. The summed E-state index contributed by atoms with van der Waals surface area (Å²) in [5, 5.41) is 0. The number of benzene rings is 1. The van der Waals surface area contributed by atoms with Gasteiger partial charge in [-0.2, -0.15) is 0 Å². The van der Waals surface area contributed by atoms with Gasteiger partial charge in [-0.25, -0.2) is 4.98 Å². The highest BCUT2D eigenvalue weighted by Gasteiger charge is 2.23. The van der Waals surface area contributed by atoms with E-state index in [1.807, 2.05) is 18.6 Å². The molecular weight excluding hydrogens is 258 g/mol. The van der Waals surface area contributed by atoms with Gasteiger partial charge in [-0.3, -0.25) is 0 Å². The van der Waals surface area contributed by atoms with Crippen molar-refractivity contribution in [2.24, 2.45) is 17.6 Å². The zero-order chi connectivity index (χ0) is 14.7. The van der Waals surface area contributed by atoms with Crippen molar-refractivity contribution >= 4 is 0 Å². The lowest BCUT2D eigenvalue weighted by Gasteiger charge is -2.17. The topological polar surface area (TPSA) is 43.8 Å². The fraction of sp³-hybridized carbons (Fsp3) is 0.500. The van der Waals surface area contributed by atoms with Crippen LogP contribution in [-0.2, 0) is 13.0 Å². The van der Waals surface area contributed by atoms with E-state index >= 15 is 0 Å². The van der Waals surface area contributed by atoms with E-state index in [4.69, 9.17) is 5.73 Å². The van der Waals surface area contributed by atoms with Crippen LogP contribution in [0.3, 0.4) is 0 Å². The summed E-state index contributed by atoms with van der Waals surface area (Å²) < 4.78 is 2.27. The molecule has 1 aliphatic rings. The molecule has 1 saturated carbocycles. The van der Waals surface area contributed by atoms with Crippen LogP contribution in [0.25, 0.3) is 0 Å². The Morgan fingerprint density at radius 3 is 2.81 bits per heavy atom. The van der Waals surface area contributed by atoms with Crippen molar-refractivity contribution in [3.8, 4) is 0 Å². The van der Waals surface area contributed by atoms with Crippen LogP contribution in [-0.4, -0.2) is 9.55 Å². The number of imidazole rings is 1. The van der Waals surface area contributed by atoms with Gasteiger partial charge in [0, 0.05) is 12.7 Å². The van der Waals surface area contributed by atoms with Gasteiger partial charge in [-0.1, -0.05) is 43.7 Å². The molecule has 3 nitrogen and oxygen atoms in total. The Bertz CT molecular complexity index is 561. The SMILES string of the molecule is CC1CCC(Cn2cncc2[C@H](N)Cc2ccccc2)C1. The lowest BCUT2D eigenvalue weighted by atomic mass is 10.0. The first-order valence-corrected chi connectivity index (χ1v) is 8.02. The predicted molar refractivity (Wildman–Crippen MR) is 85.8 cm³/mol. The number of aromatic nitrogens is 2. The van der Waals surface area contributed by atoms with E-state index in [0.29, 0.717) is 0 Å². The van der Waals surface area contributed by atoms with E-state index in [1.165, 1.54) is 30.5 Å². The number of hydrogen-bond acceptors (Lipinski definition) is 2. The van der Waals surface area contributed by atoms with Crippen molar-refractivity contribution in [1.82, 2.24) is 9.55 Å². The van der Waals surface area contributed by atoms with Gasteiger partial charge >= 0.3 is 0 Å². The number of nitrogens with two attached hydrogens (primary N) is 1. The normalized spacial score (nSPS) is 23.3. The molecule has 2 N–H and O–H groups in total. The Morgan fingerprint density at radius 2 is 2.10 bits per heavy atom. The second kappa shape index (κ2) is 6.44. The van der Waals surface area contributed by atoms with E-state index in [0.717, 1.165) is 24.8 Å². The maximum Gasteiger partial charge on any atom is 0.0948 e. The van der Waals surface area contributed by atoms with Gasteiger partial charge in [-0.15, -0.1) is 0 Å². The molecule has 0 bridgehead atoms. The lowest BCUT2D eigenvalue weighted by molar-refractivity contribution is 0.426. The molecule has 1 fully saturated rings. The van der Waals surface area contributed by atoms with Crippen LogP contribution in [0.4, 0.5) is 0 Å². The molecule has 0 spiro atoms. The van der Waals surface area contributed by atoms with E-state index < -0.39 is 0 Å². The summed E-state index contributed by atoms with van der Waals surface area (Å²) in [6.07, 6.45) is 8.80. The Morgan fingerprint density at radius 1 is 1.29 bits per heavy atom. The third-order valence-electron chi connectivity index (χ3n) is 4.68. The molecular formula is C18H25N3. The van der Waals surface area contributed by atoms with E-state index in [9.17, 15) is 0 Å². The number of rotatable bonds is 5. The fourth-order valence-electron chi connectivity index (χ4n) is 3.53. The molecule has 1 aromatic carbocycles. The number of hydrogen-bond donors (Lipinski definition) is 1. The first kappa shape index (κ1) is 14.3. The van der Waals surface area contributed by atoms with Gasteiger partial charge in [0.1, 0.15) is 0 Å². The summed E-state index contributed by atoms with van der Waals surface area (Å²) in [6, 6.07) is 10.5. The van der Waals surface area contributed by atoms with E-state index in [2.05, 4.69) is 40.7 Å². The smallest absolute Gasteiger partial charge is 0.0948 e. The lowest BCUT2D eigenvalue weighted by Crippen LogP contribution is -2.19. The Balaban J connectivity index is 1.67. The average Bonchev–Trinajstić information content (AvgIpc) is 3.10. The molecule has 1 heterocycles. The van der Waals surface area contributed by atoms with Crippen LogP contribution in [0.1, 0.15) is 43.5 Å². The molecule has 0 aliphatic heterocycles. The van der Waals surface area contributed by atoms with Crippen molar-refractivity contribution in [3.05, 3.63) is 54.1 Å². The second-order valence-corrected chi connectivity index (χ2v) is 6.55. The fourth-order valence-corrected chi connectivity index (χ4v) is 3.53. The van der Waals surface area contributed by atoms with E-state index in [-0.39, 0.29) is 6.04 Å². The highest BCUT2D eigenvalue weighted by Crippen LogP contribution is 2.32. The summed E-state index contributed by atoms with van der Waals surface area (Å²) in [7, 11) is 0. The summed E-state index contributed by atoms with van der Waals surface area (Å²) in [5.74, 6) is 1.66. The molecule has 3 rings (SSSR count). The molecule has 3 atom stereocenters. The van der Waals surface area contributed by atoms with Gasteiger partial charge in [-0.05, 0) is 36.7 Å². The van der Waals surface area contributed by atoms with Crippen molar-refractivity contribution in [2.75, 3.05) is 0 Å². The van der Waals surface area contributed by atoms with Crippen LogP contribution in [0.5, 0.6) is 0 Å². The maximum atomic E-state index is 6.41. The van der Waals surface area contributed by atoms with Gasteiger partial charge in [0.05, 0.1) is 18.1 Å². The Labute approximate surface area is 127 Å². The monoisotopic (exact) mass is 283 g/mol. The molecule has 3 heteroatoms. The van der Waals surface area contributed by atoms with Crippen molar-refractivity contribution < 1.29 is 0 Å². The molecule has 112 valence electrons. The molecule has 2 unspecified atom stereocenters. The molecule has 21 heavy (non-hydrogen) atoms. The second-order valence-electron chi connectivity index (χ2n) is 6.55. The summed E-state index contributed by atoms with van der Waals surface area (Å²) in [4.78, 5) is 4.33. The summed E-state index contributed by atoms with van der Waals surface area (Å²) in [5.41, 5.74) is 8.86. The van der Waals surface area contributed by atoms with Crippen LogP contribution in [0, 0.1) is 11.8 Å². The minimum Gasteiger partial charge on any atom is -0.333 e. The van der Waals surface area contributed by atoms with Crippen molar-refractivity contribution in [2.45, 2.75) is 45.2 Å². The van der Waals surface area contributed by atoms with Crippen LogP contribution in [0.2, 0.25) is 0 Å². The van der Waals surface area contributed by atoms with Crippen LogP contribution in [0.15, 0.2) is 42.9 Å². The molecule has 1 aliphatic carbocycles. The predicted octanol–water partition coefficient (Wildman–Crippen LogP) is 3.56. The van der Waals surface area contributed by atoms with Gasteiger partial charge in [0.15, 0.2) is 0 Å². The van der Waals surface area contributed by atoms with Gasteiger partial charge in [0.25, 0.3) is 0 Å². The Hall–Kier alpha value is -1.61. The summed E-state index contributed by atoms with van der Waals surface area (Å²) in [6.45, 7) is 3.43. The van der Waals surface area contributed by atoms with Gasteiger partial charge < -0.3 is 10.3 Å². The third kappa shape index (κ3) is 3.53. The largest absolute Gasteiger partial charge is 0.333 e. The molecule has 2 aromatic rings. The van der Waals surface area contributed by atoms with Crippen LogP contribution < -0.4 is 5.73 Å². The van der Waals surface area contributed by atoms with Crippen LogP contribution >= 0.6 is 0 Å². The van der Waals surface area contributed by atoms with Crippen molar-refractivity contribution in [1.29, 1.82) is 0 Å². The zero-order valence-electron chi connectivity index (χ0n) is 12.8. The van der Waals surface area contributed by atoms with E-state index in [1.54, 1.807) is 0 Å². The zero-order valence-corrected chi connectivity index (χ0v) is 12.8. The molecule has 1 aromatic heterocycles. The molecule has 0 saturated heterocycles. The standard InChI is InChI=1S/C18H25N3/c1-14-7-8-16(9-14)12-21-13-20-11-18(21)17(19)10-15-5-3-2-4-6-15/h2-6,11,13-14,16-17H,7-10,12,19H2,1H3/t14?,16?,17-/m1/s1. The highest BCUT2D eigenvalue weighted by atomic mass is 15.1. The van der Waals surface area contributed by atoms with Gasteiger partial charge in [0.2, 0.25) is 0 Å². The minimum atomic E-state index is 0.0220. The molecule has 0 amide bonds. The highest BCUT2D eigenvalue weighted by molar-refractivity contribution is 5.18. The third-order valence-corrected chi connectivity index (χ3v) is 4.68. The number of nitrogens with zero attached hydrogens (tertiary/aromatic N) is 2. The maximum absolute atomic E-state index is 6.41. The molecule has 0 radical (unpaired) electrons. The Kier molecular flexibility index (Phi) is 4.39.